The zero-order valence-corrected chi connectivity index (χ0v) is 21.9. The number of rotatable bonds is 10. The molecule has 2 N–H and O–H groups in total. The highest BCUT2D eigenvalue weighted by molar-refractivity contribution is 6.01. The van der Waals surface area contributed by atoms with Gasteiger partial charge in [0.2, 0.25) is 5.43 Å². The van der Waals surface area contributed by atoms with Crippen LogP contribution in [0.15, 0.2) is 33.5 Å². The van der Waals surface area contributed by atoms with Gasteiger partial charge < -0.3 is 24.1 Å². The van der Waals surface area contributed by atoms with Crippen LogP contribution in [0.4, 0.5) is 0 Å². The molecule has 208 valence electrons. The first-order valence-electron chi connectivity index (χ1n) is 13.5. The molecule has 0 unspecified atom stereocenters. The van der Waals surface area contributed by atoms with Crippen molar-refractivity contribution in [1.82, 2.24) is 9.80 Å². The fraction of sp³-hybridized carbons (Fsp3) is 0.483. The molecule has 10 heteroatoms. The fourth-order valence-electron chi connectivity index (χ4n) is 5.62. The fourth-order valence-corrected chi connectivity index (χ4v) is 5.62. The van der Waals surface area contributed by atoms with Crippen molar-refractivity contribution in [2.24, 2.45) is 0 Å². The third-order valence-corrected chi connectivity index (χ3v) is 7.64. The number of aryl methyl sites for hydroxylation is 2. The minimum absolute atomic E-state index is 0.0267. The van der Waals surface area contributed by atoms with Gasteiger partial charge in [0.15, 0.2) is 0 Å². The van der Waals surface area contributed by atoms with E-state index in [4.69, 9.17) is 13.9 Å². The van der Waals surface area contributed by atoms with Crippen molar-refractivity contribution in [3.63, 3.8) is 0 Å². The molecule has 3 aromatic rings. The van der Waals surface area contributed by atoms with E-state index in [1.54, 1.807) is 6.07 Å². The Hall–Kier alpha value is -3.31. The molecule has 5 rings (SSSR count). The van der Waals surface area contributed by atoms with Crippen molar-refractivity contribution >= 4 is 33.9 Å². The molecule has 0 bridgehead atoms. The third kappa shape index (κ3) is 6.14. The minimum atomic E-state index is -1.15. The maximum atomic E-state index is 13.8. The lowest BCUT2D eigenvalue weighted by atomic mass is 9.90. The van der Waals surface area contributed by atoms with E-state index in [0.717, 1.165) is 45.7 Å². The van der Waals surface area contributed by atoms with Crippen molar-refractivity contribution in [3.05, 3.63) is 56.7 Å². The molecular weight excluding hydrogens is 504 g/mol. The number of benzene rings is 2. The molecule has 0 saturated carbocycles. The van der Waals surface area contributed by atoms with Crippen molar-refractivity contribution in [3.8, 4) is 0 Å². The van der Waals surface area contributed by atoms with Crippen LogP contribution in [0.3, 0.4) is 0 Å². The van der Waals surface area contributed by atoms with E-state index in [9.17, 15) is 24.6 Å². The lowest BCUT2D eigenvalue weighted by Gasteiger charge is -2.27. The highest BCUT2D eigenvalue weighted by atomic mass is 16.5. The molecule has 0 atom stereocenters. The zero-order chi connectivity index (χ0) is 27.4. The number of hydrogen-bond acceptors (Lipinski definition) is 8. The Kier molecular flexibility index (Phi) is 8.56. The summed E-state index contributed by atoms with van der Waals surface area (Å²) in [6, 6.07) is 5.88. The summed E-state index contributed by atoms with van der Waals surface area (Å²) in [5.41, 5.74) is 1.45. The Balaban J connectivity index is 1.55. The Labute approximate surface area is 225 Å². The van der Waals surface area contributed by atoms with Crippen molar-refractivity contribution < 1.29 is 33.7 Å². The summed E-state index contributed by atoms with van der Waals surface area (Å²) in [5, 5.41) is 20.2. The SMILES string of the molecule is O=C(O)c1ccc2oc3cc(CCCN4CCOCC4)c(C(=O)O)c(CCCN4CCOCC4)c3c(=O)c2c1. The standard InChI is InChI=1S/C29H34N2O8/c32-27-22-17-20(28(33)34)5-6-23(22)39-24-18-19(3-1-7-30-9-13-37-14-10-30)25(29(35)36)21(26(24)27)4-2-8-31-11-15-38-16-12-31/h5-6,17-18H,1-4,7-16H2,(H,33,34)(H,35,36). The monoisotopic (exact) mass is 538 g/mol. The molecule has 2 aliphatic heterocycles. The van der Waals surface area contributed by atoms with Gasteiger partial charge in [-0.1, -0.05) is 0 Å². The van der Waals surface area contributed by atoms with E-state index in [1.165, 1.54) is 18.2 Å². The van der Waals surface area contributed by atoms with Crippen molar-refractivity contribution in [2.45, 2.75) is 25.7 Å². The first kappa shape index (κ1) is 27.3. The number of hydrogen-bond donors (Lipinski definition) is 2. The highest BCUT2D eigenvalue weighted by Crippen LogP contribution is 2.30. The molecule has 2 aliphatic rings. The maximum absolute atomic E-state index is 13.8. The average molecular weight is 539 g/mol. The van der Waals surface area contributed by atoms with Gasteiger partial charge in [0.1, 0.15) is 11.2 Å². The predicted octanol–water partition coefficient (Wildman–Crippen LogP) is 2.87. The number of carbonyl (C=O) groups is 2. The van der Waals surface area contributed by atoms with E-state index in [2.05, 4.69) is 9.80 Å². The van der Waals surface area contributed by atoms with Crippen LogP contribution in [-0.2, 0) is 22.3 Å². The molecule has 1 aromatic heterocycles. The minimum Gasteiger partial charge on any atom is -0.478 e. The van der Waals surface area contributed by atoms with E-state index < -0.39 is 17.4 Å². The van der Waals surface area contributed by atoms with Gasteiger partial charge in [-0.15, -0.1) is 0 Å². The number of morpholine rings is 2. The zero-order valence-electron chi connectivity index (χ0n) is 21.9. The summed E-state index contributed by atoms with van der Waals surface area (Å²) in [6.07, 6.45) is 2.35. The lowest BCUT2D eigenvalue weighted by Crippen LogP contribution is -2.37. The van der Waals surface area contributed by atoms with Crippen LogP contribution in [0, 0.1) is 0 Å². The summed E-state index contributed by atoms with van der Waals surface area (Å²) in [7, 11) is 0. The topological polar surface area (TPSA) is 130 Å². The Morgan fingerprint density at radius 1 is 0.795 bits per heavy atom. The summed E-state index contributed by atoms with van der Waals surface area (Å²) in [4.78, 5) is 42.6. The molecule has 3 heterocycles. The van der Waals surface area contributed by atoms with Gasteiger partial charge in [-0.2, -0.15) is 0 Å². The molecule has 10 nitrogen and oxygen atoms in total. The summed E-state index contributed by atoms with van der Waals surface area (Å²) in [6.45, 7) is 7.67. The summed E-state index contributed by atoms with van der Waals surface area (Å²) >= 11 is 0. The van der Waals surface area contributed by atoms with Gasteiger partial charge in [-0.25, -0.2) is 9.59 Å². The van der Waals surface area contributed by atoms with Gasteiger partial charge in [0.25, 0.3) is 0 Å². The lowest BCUT2D eigenvalue weighted by molar-refractivity contribution is 0.0374. The maximum Gasteiger partial charge on any atom is 0.336 e. The second-order valence-corrected chi connectivity index (χ2v) is 10.1. The van der Waals surface area contributed by atoms with Crippen molar-refractivity contribution in [2.75, 3.05) is 65.7 Å². The summed E-state index contributed by atoms with van der Waals surface area (Å²) in [5.74, 6) is -2.22. The van der Waals surface area contributed by atoms with Gasteiger partial charge >= 0.3 is 11.9 Å². The Morgan fingerprint density at radius 2 is 1.41 bits per heavy atom. The molecule has 0 radical (unpaired) electrons. The highest BCUT2D eigenvalue weighted by Gasteiger charge is 2.24. The number of carboxylic acids is 2. The molecule has 0 spiro atoms. The normalized spacial score (nSPS) is 17.1. The molecule has 0 amide bonds. The smallest absolute Gasteiger partial charge is 0.336 e. The third-order valence-electron chi connectivity index (χ3n) is 7.64. The van der Waals surface area contributed by atoms with E-state index in [0.29, 0.717) is 62.4 Å². The molecular formula is C29H34N2O8. The first-order valence-corrected chi connectivity index (χ1v) is 13.5. The van der Waals surface area contributed by atoms with Gasteiger partial charge in [-0.3, -0.25) is 14.6 Å². The molecule has 0 aliphatic carbocycles. The van der Waals surface area contributed by atoms with Crippen molar-refractivity contribution in [1.29, 1.82) is 0 Å². The Bertz CT molecular complexity index is 1420. The molecule has 39 heavy (non-hydrogen) atoms. The van der Waals surface area contributed by atoms with Gasteiger partial charge in [0, 0.05) is 26.2 Å². The molecule has 2 aromatic carbocycles. The van der Waals surface area contributed by atoms with Gasteiger partial charge in [-0.05, 0) is 74.2 Å². The van der Waals surface area contributed by atoms with E-state index in [-0.39, 0.29) is 27.5 Å². The van der Waals surface area contributed by atoms with Gasteiger partial charge in [0.05, 0.1) is 48.3 Å². The number of nitrogens with zero attached hydrogens (tertiary/aromatic N) is 2. The Morgan fingerprint density at radius 3 is 2.00 bits per heavy atom. The van der Waals surface area contributed by atoms with Crippen LogP contribution >= 0.6 is 0 Å². The van der Waals surface area contributed by atoms with Crippen LogP contribution in [0.1, 0.15) is 44.7 Å². The number of carboxylic acid groups (broad SMARTS) is 2. The van der Waals surface area contributed by atoms with E-state index in [1.807, 2.05) is 0 Å². The van der Waals surface area contributed by atoms with Crippen LogP contribution in [0.5, 0.6) is 0 Å². The second kappa shape index (κ2) is 12.3. The summed E-state index contributed by atoms with van der Waals surface area (Å²) < 4.78 is 17.0. The second-order valence-electron chi connectivity index (χ2n) is 10.1. The van der Waals surface area contributed by atoms with Crippen LogP contribution in [-0.4, -0.2) is 97.6 Å². The predicted molar refractivity (Wildman–Crippen MR) is 145 cm³/mol. The van der Waals surface area contributed by atoms with Crippen LogP contribution < -0.4 is 5.43 Å². The number of ether oxygens (including phenoxy) is 2. The quantitative estimate of drug-likeness (QED) is 0.372. The van der Waals surface area contributed by atoms with Crippen LogP contribution in [0.25, 0.3) is 21.9 Å². The average Bonchev–Trinajstić information content (AvgIpc) is 2.93. The molecule has 2 saturated heterocycles. The van der Waals surface area contributed by atoms with E-state index >= 15 is 0 Å². The number of fused-ring (bicyclic) bond motifs is 2. The number of aromatic carboxylic acids is 2. The largest absolute Gasteiger partial charge is 0.478 e. The first-order chi connectivity index (χ1) is 18.9. The van der Waals surface area contributed by atoms with Crippen LogP contribution in [0.2, 0.25) is 0 Å². The molecule has 2 fully saturated rings.